The number of imidazole rings is 1. The van der Waals surface area contributed by atoms with Crippen LogP contribution < -0.4 is 15.7 Å². The summed E-state index contributed by atoms with van der Waals surface area (Å²) in [6.07, 6.45) is 1.88. The number of hydrogen-bond acceptors (Lipinski definition) is 4. The number of aromatic nitrogens is 2. The van der Waals surface area contributed by atoms with Crippen LogP contribution in [0.1, 0.15) is 18.9 Å². The summed E-state index contributed by atoms with van der Waals surface area (Å²) in [7, 11) is -3.43. The second-order valence-corrected chi connectivity index (χ2v) is 8.57. The summed E-state index contributed by atoms with van der Waals surface area (Å²) < 4.78 is 28.6. The van der Waals surface area contributed by atoms with Gasteiger partial charge in [-0.3, -0.25) is 18.7 Å². The summed E-state index contributed by atoms with van der Waals surface area (Å²) >= 11 is 0. The van der Waals surface area contributed by atoms with Crippen molar-refractivity contribution in [3.05, 3.63) is 64.6 Å². The molecule has 29 heavy (non-hydrogen) atoms. The fraction of sp³-hybridized carbons (Fsp3) is 0.300. The highest BCUT2D eigenvalue weighted by molar-refractivity contribution is 7.92. The minimum absolute atomic E-state index is 0.113. The molecular formula is C20H24N4O4S. The molecule has 0 fully saturated rings. The molecule has 1 aromatic heterocycles. The highest BCUT2D eigenvalue weighted by atomic mass is 32.2. The number of hydrogen-bond donors (Lipinski definition) is 2. The van der Waals surface area contributed by atoms with Crippen LogP contribution >= 0.6 is 0 Å². The molecule has 1 heterocycles. The maximum Gasteiger partial charge on any atom is 0.329 e. The van der Waals surface area contributed by atoms with Crippen LogP contribution in [0.5, 0.6) is 0 Å². The van der Waals surface area contributed by atoms with Gasteiger partial charge in [0, 0.05) is 13.1 Å². The third-order valence-corrected chi connectivity index (χ3v) is 5.05. The van der Waals surface area contributed by atoms with Crippen LogP contribution in [0, 0.1) is 0 Å². The van der Waals surface area contributed by atoms with E-state index in [1.54, 1.807) is 28.8 Å². The summed E-state index contributed by atoms with van der Waals surface area (Å²) in [5, 5.41) is 2.76. The smallest absolute Gasteiger partial charge is 0.329 e. The Morgan fingerprint density at radius 1 is 1.00 bits per heavy atom. The molecule has 2 aromatic carbocycles. The van der Waals surface area contributed by atoms with Crippen LogP contribution in [0.3, 0.4) is 0 Å². The molecule has 0 aliphatic heterocycles. The molecule has 9 heteroatoms. The predicted molar refractivity (Wildman–Crippen MR) is 113 cm³/mol. The molecule has 3 aromatic rings. The van der Waals surface area contributed by atoms with Crippen molar-refractivity contribution in [3.8, 4) is 0 Å². The number of nitrogens with one attached hydrogen (secondary N) is 2. The fourth-order valence-corrected chi connectivity index (χ4v) is 3.83. The van der Waals surface area contributed by atoms with E-state index < -0.39 is 10.0 Å². The number of benzene rings is 2. The van der Waals surface area contributed by atoms with E-state index in [0.717, 1.165) is 18.2 Å². The molecule has 0 saturated heterocycles. The first kappa shape index (κ1) is 20.7. The zero-order valence-corrected chi connectivity index (χ0v) is 17.2. The van der Waals surface area contributed by atoms with Gasteiger partial charge in [-0.1, -0.05) is 37.3 Å². The van der Waals surface area contributed by atoms with Crippen molar-refractivity contribution >= 4 is 32.7 Å². The summed E-state index contributed by atoms with van der Waals surface area (Å²) in [6.45, 7) is 2.60. The van der Waals surface area contributed by atoms with Gasteiger partial charge in [0.05, 0.1) is 23.0 Å². The van der Waals surface area contributed by atoms with Crippen LogP contribution in [0.4, 0.5) is 5.69 Å². The van der Waals surface area contributed by atoms with Crippen LogP contribution in [0.25, 0.3) is 11.0 Å². The van der Waals surface area contributed by atoms with Crippen molar-refractivity contribution in [2.45, 2.75) is 33.0 Å². The lowest BCUT2D eigenvalue weighted by molar-refractivity contribution is -0.121. The van der Waals surface area contributed by atoms with E-state index in [0.29, 0.717) is 23.3 Å². The quantitative estimate of drug-likeness (QED) is 0.585. The zero-order valence-electron chi connectivity index (χ0n) is 16.4. The summed E-state index contributed by atoms with van der Waals surface area (Å²) in [4.78, 5) is 25.3. The lowest BCUT2D eigenvalue weighted by atomic mass is 10.2. The van der Waals surface area contributed by atoms with Crippen molar-refractivity contribution in [2.24, 2.45) is 0 Å². The Bertz CT molecular complexity index is 1190. The Balaban J connectivity index is 1.78. The Hall–Kier alpha value is -3.07. The topological polar surface area (TPSA) is 102 Å². The van der Waals surface area contributed by atoms with Crippen molar-refractivity contribution in [1.82, 2.24) is 14.5 Å². The van der Waals surface area contributed by atoms with Gasteiger partial charge >= 0.3 is 5.69 Å². The standard InChI is InChI=1S/C20H24N4O4S/c1-3-12-23-17-10-6-7-11-18(17)24(20(23)26)14-19(25)21-13-15-8-4-5-9-16(15)22-29(2,27)28/h4-11,22H,3,12-14H2,1-2H3,(H,21,25). The van der Waals surface area contributed by atoms with E-state index in [9.17, 15) is 18.0 Å². The average molecular weight is 417 g/mol. The second-order valence-electron chi connectivity index (χ2n) is 6.82. The molecule has 0 atom stereocenters. The van der Waals surface area contributed by atoms with Crippen LogP contribution in [0.15, 0.2) is 53.3 Å². The number of nitrogens with zero attached hydrogens (tertiary/aromatic N) is 2. The molecule has 0 unspecified atom stereocenters. The molecule has 0 spiro atoms. The monoisotopic (exact) mass is 416 g/mol. The molecule has 8 nitrogen and oxygen atoms in total. The molecule has 2 N–H and O–H groups in total. The van der Waals surface area contributed by atoms with Crippen LogP contribution in [-0.2, 0) is 34.5 Å². The summed E-state index contributed by atoms with van der Waals surface area (Å²) in [5.41, 5.74) is 2.33. The number of aryl methyl sites for hydroxylation is 1. The van der Waals surface area contributed by atoms with E-state index in [1.165, 1.54) is 4.57 Å². The highest BCUT2D eigenvalue weighted by Gasteiger charge is 2.15. The number of carbonyl (C=O) groups is 1. The van der Waals surface area contributed by atoms with Crippen molar-refractivity contribution in [3.63, 3.8) is 0 Å². The van der Waals surface area contributed by atoms with E-state index in [1.807, 2.05) is 31.2 Å². The third-order valence-electron chi connectivity index (χ3n) is 4.46. The van der Waals surface area contributed by atoms with Gasteiger partial charge in [-0.15, -0.1) is 0 Å². The van der Waals surface area contributed by atoms with Gasteiger partial charge < -0.3 is 5.32 Å². The van der Waals surface area contributed by atoms with Crippen LogP contribution in [-0.4, -0.2) is 29.7 Å². The van der Waals surface area contributed by atoms with Gasteiger partial charge in [0.15, 0.2) is 0 Å². The number of rotatable bonds is 8. The van der Waals surface area contributed by atoms with Crippen molar-refractivity contribution in [2.75, 3.05) is 11.0 Å². The molecule has 3 rings (SSSR count). The lowest BCUT2D eigenvalue weighted by Crippen LogP contribution is -2.33. The van der Waals surface area contributed by atoms with Gasteiger partial charge in [-0.25, -0.2) is 13.2 Å². The number of amides is 1. The zero-order chi connectivity index (χ0) is 21.0. The fourth-order valence-electron chi connectivity index (χ4n) is 3.23. The van der Waals surface area contributed by atoms with Gasteiger partial charge in [0.2, 0.25) is 15.9 Å². The van der Waals surface area contributed by atoms with E-state index in [2.05, 4.69) is 10.0 Å². The predicted octanol–water partition coefficient (Wildman–Crippen LogP) is 1.90. The van der Waals surface area contributed by atoms with Crippen LogP contribution in [0.2, 0.25) is 0 Å². The Labute approximate surface area is 169 Å². The molecule has 1 amide bonds. The lowest BCUT2D eigenvalue weighted by Gasteiger charge is -2.12. The number of sulfonamides is 1. The minimum Gasteiger partial charge on any atom is -0.350 e. The normalized spacial score (nSPS) is 11.5. The molecule has 0 radical (unpaired) electrons. The summed E-state index contributed by atoms with van der Waals surface area (Å²) in [6, 6.07) is 14.2. The Morgan fingerprint density at radius 3 is 2.28 bits per heavy atom. The Morgan fingerprint density at radius 2 is 1.62 bits per heavy atom. The maximum absolute atomic E-state index is 12.8. The van der Waals surface area contributed by atoms with Gasteiger partial charge in [-0.05, 0) is 30.2 Å². The number of para-hydroxylation sites is 3. The van der Waals surface area contributed by atoms with Crippen molar-refractivity contribution in [1.29, 1.82) is 0 Å². The maximum atomic E-state index is 12.8. The first-order chi connectivity index (χ1) is 13.8. The Kier molecular flexibility index (Phi) is 6.07. The molecule has 0 bridgehead atoms. The molecular weight excluding hydrogens is 392 g/mol. The van der Waals surface area contributed by atoms with Crippen molar-refractivity contribution < 1.29 is 13.2 Å². The first-order valence-electron chi connectivity index (χ1n) is 9.30. The average Bonchev–Trinajstić information content (AvgIpc) is 2.92. The molecule has 0 aliphatic rings. The minimum atomic E-state index is -3.43. The van der Waals surface area contributed by atoms with Gasteiger partial charge in [0.1, 0.15) is 6.54 Å². The van der Waals surface area contributed by atoms with Gasteiger partial charge in [0.25, 0.3) is 0 Å². The largest absolute Gasteiger partial charge is 0.350 e. The number of carbonyl (C=O) groups excluding carboxylic acids is 1. The van der Waals surface area contributed by atoms with E-state index in [-0.39, 0.29) is 24.7 Å². The van der Waals surface area contributed by atoms with E-state index in [4.69, 9.17) is 0 Å². The second kappa shape index (κ2) is 8.52. The highest BCUT2D eigenvalue weighted by Crippen LogP contribution is 2.16. The molecule has 0 aliphatic carbocycles. The number of anilines is 1. The first-order valence-corrected chi connectivity index (χ1v) is 11.2. The molecule has 0 saturated carbocycles. The number of fused-ring (bicyclic) bond motifs is 1. The van der Waals surface area contributed by atoms with E-state index >= 15 is 0 Å². The van der Waals surface area contributed by atoms with Gasteiger partial charge in [-0.2, -0.15) is 0 Å². The molecule has 154 valence electrons. The summed E-state index contributed by atoms with van der Waals surface area (Å²) in [5.74, 6) is -0.333. The SMILES string of the molecule is CCCn1c(=O)n(CC(=O)NCc2ccccc2NS(C)(=O)=O)c2ccccc21. The third kappa shape index (κ3) is 4.86.